The number of halogens is 1. The first kappa shape index (κ1) is 18.1. The first-order valence-electron chi connectivity index (χ1n) is 6.92. The van der Waals surface area contributed by atoms with Gasteiger partial charge in [0.2, 0.25) is 0 Å². The molecule has 2 amide bonds. The van der Waals surface area contributed by atoms with Gasteiger partial charge in [-0.2, -0.15) is 0 Å². The van der Waals surface area contributed by atoms with E-state index >= 15 is 0 Å². The molecule has 1 N–H and O–H groups in total. The van der Waals surface area contributed by atoms with Gasteiger partial charge in [0.15, 0.2) is 0 Å². The Morgan fingerprint density at radius 3 is 2.45 bits per heavy atom. The number of hydrogen-bond acceptors (Lipinski definition) is 4. The van der Waals surface area contributed by atoms with Crippen molar-refractivity contribution in [3.63, 3.8) is 0 Å². The van der Waals surface area contributed by atoms with E-state index in [1.165, 1.54) is 6.08 Å². The van der Waals surface area contributed by atoms with E-state index in [4.69, 9.17) is 0 Å². The molecule has 1 aliphatic rings. The fraction of sp³-hybridized carbons (Fsp3) is 0.312. The second kappa shape index (κ2) is 9.15. The van der Waals surface area contributed by atoms with Crippen molar-refractivity contribution in [3.05, 3.63) is 46.0 Å². The number of esters is 1. The lowest BCUT2D eigenvalue weighted by Crippen LogP contribution is -2.22. The lowest BCUT2D eigenvalue weighted by atomic mass is 10.1. The summed E-state index contributed by atoms with van der Waals surface area (Å²) in [5.41, 5.74) is 1.51. The van der Waals surface area contributed by atoms with Crippen LogP contribution in [-0.2, 0) is 25.5 Å². The van der Waals surface area contributed by atoms with Gasteiger partial charge in [-0.05, 0) is 24.6 Å². The minimum Gasteiger partial charge on any atom is -0.466 e. The Kier molecular flexibility index (Phi) is 7.52. The summed E-state index contributed by atoms with van der Waals surface area (Å²) in [5, 5.41) is 2.22. The molecule has 1 aromatic carbocycles. The highest BCUT2D eigenvalue weighted by atomic mass is 79.9. The molecule has 1 aliphatic heterocycles. The number of imide groups is 1. The molecule has 0 radical (unpaired) electrons. The van der Waals surface area contributed by atoms with Crippen LogP contribution in [0.1, 0.15) is 25.8 Å². The molecule has 0 aliphatic carbocycles. The van der Waals surface area contributed by atoms with Crippen molar-refractivity contribution in [1.29, 1.82) is 0 Å². The molecule has 0 spiro atoms. The molecule has 0 saturated heterocycles. The SMILES string of the molecule is CCOC(=O)CC.O=C1C=C(Cc2cccc(Br)c2)C(=O)N1. The summed E-state index contributed by atoms with van der Waals surface area (Å²) in [4.78, 5) is 32.4. The van der Waals surface area contributed by atoms with Gasteiger partial charge in [0, 0.05) is 29.0 Å². The largest absolute Gasteiger partial charge is 0.466 e. The monoisotopic (exact) mass is 367 g/mol. The quantitative estimate of drug-likeness (QED) is 0.655. The predicted octanol–water partition coefficient (Wildman–Crippen LogP) is 2.53. The predicted molar refractivity (Wildman–Crippen MR) is 86.0 cm³/mol. The van der Waals surface area contributed by atoms with Crippen LogP contribution >= 0.6 is 15.9 Å². The van der Waals surface area contributed by atoms with Gasteiger partial charge in [-0.1, -0.05) is 35.0 Å². The van der Waals surface area contributed by atoms with Gasteiger partial charge in [0.1, 0.15) is 0 Å². The smallest absolute Gasteiger partial charge is 0.305 e. The fourth-order valence-electron chi connectivity index (χ4n) is 1.71. The van der Waals surface area contributed by atoms with Crippen LogP contribution in [0.25, 0.3) is 0 Å². The Balaban J connectivity index is 0.000000295. The summed E-state index contributed by atoms with van der Waals surface area (Å²) >= 11 is 3.35. The van der Waals surface area contributed by atoms with Crippen molar-refractivity contribution in [2.24, 2.45) is 0 Å². The van der Waals surface area contributed by atoms with Crippen LogP contribution in [0.5, 0.6) is 0 Å². The van der Waals surface area contributed by atoms with Crippen molar-refractivity contribution in [1.82, 2.24) is 5.32 Å². The van der Waals surface area contributed by atoms with E-state index in [-0.39, 0.29) is 17.8 Å². The lowest BCUT2D eigenvalue weighted by Gasteiger charge is -2.01. The van der Waals surface area contributed by atoms with Crippen molar-refractivity contribution in [3.8, 4) is 0 Å². The Hall–Kier alpha value is -1.95. The van der Waals surface area contributed by atoms with E-state index in [1.54, 1.807) is 13.8 Å². The number of carbonyl (C=O) groups is 3. The molecular weight excluding hydrogens is 350 g/mol. The van der Waals surface area contributed by atoms with Crippen LogP contribution in [0, 0.1) is 0 Å². The molecule has 1 aromatic rings. The molecule has 118 valence electrons. The number of nitrogens with one attached hydrogen (secondary N) is 1. The van der Waals surface area contributed by atoms with Crippen LogP contribution in [-0.4, -0.2) is 24.4 Å². The minimum absolute atomic E-state index is 0.123. The number of benzene rings is 1. The van der Waals surface area contributed by atoms with Crippen molar-refractivity contribution >= 4 is 33.7 Å². The van der Waals surface area contributed by atoms with Gasteiger partial charge in [-0.3, -0.25) is 19.7 Å². The maximum absolute atomic E-state index is 11.3. The van der Waals surface area contributed by atoms with Crippen LogP contribution in [0.4, 0.5) is 0 Å². The standard InChI is InChI=1S/C11H8BrNO2.C5H10O2/c12-9-3-1-2-7(5-9)4-8-6-10(14)13-11(8)15;1-3-5(6)7-4-2/h1-3,5-6H,4H2,(H,13,14,15);3-4H2,1-2H3. The van der Waals surface area contributed by atoms with E-state index in [1.807, 2.05) is 24.3 Å². The van der Waals surface area contributed by atoms with E-state index < -0.39 is 0 Å². The molecule has 5 nitrogen and oxygen atoms in total. The highest BCUT2D eigenvalue weighted by Gasteiger charge is 2.20. The second-order valence-corrected chi connectivity index (χ2v) is 5.37. The van der Waals surface area contributed by atoms with Gasteiger partial charge in [-0.15, -0.1) is 0 Å². The third-order valence-electron chi connectivity index (χ3n) is 2.71. The number of hydrogen-bond donors (Lipinski definition) is 1. The minimum atomic E-state index is -0.329. The normalized spacial score (nSPS) is 13.0. The average Bonchev–Trinajstić information content (AvgIpc) is 2.78. The molecule has 0 atom stereocenters. The molecule has 0 bridgehead atoms. The summed E-state index contributed by atoms with van der Waals surface area (Å²) in [5.74, 6) is -0.743. The molecule has 0 fully saturated rings. The first-order chi connectivity index (χ1) is 10.5. The molecule has 0 aromatic heterocycles. The maximum Gasteiger partial charge on any atom is 0.305 e. The maximum atomic E-state index is 11.3. The Morgan fingerprint density at radius 2 is 2.00 bits per heavy atom. The Labute approximate surface area is 137 Å². The molecule has 22 heavy (non-hydrogen) atoms. The van der Waals surface area contributed by atoms with Crippen LogP contribution in [0.2, 0.25) is 0 Å². The van der Waals surface area contributed by atoms with Gasteiger partial charge in [0.05, 0.1) is 6.61 Å². The highest BCUT2D eigenvalue weighted by molar-refractivity contribution is 9.10. The van der Waals surface area contributed by atoms with E-state index in [2.05, 4.69) is 26.0 Å². The Morgan fingerprint density at radius 1 is 1.27 bits per heavy atom. The number of carbonyl (C=O) groups excluding carboxylic acids is 3. The molecular formula is C16H18BrNO4. The molecule has 6 heteroatoms. The first-order valence-corrected chi connectivity index (χ1v) is 7.71. The summed E-state index contributed by atoms with van der Waals surface area (Å²) in [6.07, 6.45) is 2.31. The zero-order chi connectivity index (χ0) is 16.5. The van der Waals surface area contributed by atoms with Crippen molar-refractivity contribution in [2.75, 3.05) is 6.61 Å². The van der Waals surface area contributed by atoms with Gasteiger partial charge >= 0.3 is 5.97 Å². The van der Waals surface area contributed by atoms with Crippen molar-refractivity contribution in [2.45, 2.75) is 26.7 Å². The van der Waals surface area contributed by atoms with E-state index in [9.17, 15) is 14.4 Å². The average molecular weight is 368 g/mol. The van der Waals surface area contributed by atoms with Crippen LogP contribution < -0.4 is 5.32 Å². The number of rotatable bonds is 4. The van der Waals surface area contributed by atoms with Gasteiger partial charge in [-0.25, -0.2) is 0 Å². The number of amides is 2. The number of ether oxygens (including phenoxy) is 1. The summed E-state index contributed by atoms with van der Waals surface area (Å²) < 4.78 is 5.52. The fourth-order valence-corrected chi connectivity index (χ4v) is 2.16. The zero-order valence-corrected chi connectivity index (χ0v) is 14.1. The summed E-state index contributed by atoms with van der Waals surface area (Å²) in [6.45, 7) is 4.07. The third-order valence-corrected chi connectivity index (χ3v) is 3.20. The zero-order valence-electron chi connectivity index (χ0n) is 12.5. The Bertz CT molecular complexity index is 596. The van der Waals surface area contributed by atoms with Gasteiger partial charge < -0.3 is 4.74 Å². The molecule has 0 unspecified atom stereocenters. The van der Waals surface area contributed by atoms with Crippen molar-refractivity contribution < 1.29 is 19.1 Å². The molecule has 1 heterocycles. The summed E-state index contributed by atoms with van der Waals surface area (Å²) in [6, 6.07) is 7.66. The topological polar surface area (TPSA) is 72.5 Å². The van der Waals surface area contributed by atoms with Crippen LogP contribution in [0.3, 0.4) is 0 Å². The second-order valence-electron chi connectivity index (χ2n) is 4.45. The lowest BCUT2D eigenvalue weighted by molar-refractivity contribution is -0.142. The van der Waals surface area contributed by atoms with E-state index in [0.29, 0.717) is 25.0 Å². The molecule has 2 rings (SSSR count). The van der Waals surface area contributed by atoms with Crippen LogP contribution in [0.15, 0.2) is 40.4 Å². The summed E-state index contributed by atoms with van der Waals surface area (Å²) in [7, 11) is 0. The van der Waals surface area contributed by atoms with E-state index in [0.717, 1.165) is 10.0 Å². The molecule has 0 saturated carbocycles. The third kappa shape index (κ3) is 6.22. The highest BCUT2D eigenvalue weighted by Crippen LogP contribution is 2.16. The van der Waals surface area contributed by atoms with Gasteiger partial charge in [0.25, 0.3) is 11.8 Å².